The second-order valence-corrected chi connectivity index (χ2v) is 2.65. The van der Waals surface area contributed by atoms with Gasteiger partial charge in [-0.1, -0.05) is 24.1 Å². The van der Waals surface area contributed by atoms with Crippen molar-refractivity contribution in [2.45, 2.75) is 0 Å². The van der Waals surface area contributed by atoms with E-state index in [1.165, 1.54) is 0 Å². The third-order valence-corrected chi connectivity index (χ3v) is 1.74. The van der Waals surface area contributed by atoms with Crippen LogP contribution in [0.1, 0.15) is 5.76 Å². The Labute approximate surface area is 76.3 Å². The van der Waals surface area contributed by atoms with Crippen LogP contribution in [0.5, 0.6) is 0 Å². The van der Waals surface area contributed by atoms with Crippen molar-refractivity contribution in [3.8, 4) is 11.8 Å². The maximum absolute atomic E-state index is 5.44. The average Bonchev–Trinajstić information content (AvgIpc) is 2.57. The van der Waals surface area contributed by atoms with Crippen LogP contribution in [0, 0.1) is 11.8 Å². The van der Waals surface area contributed by atoms with E-state index >= 15 is 0 Å². The van der Waals surface area contributed by atoms with Crippen molar-refractivity contribution in [2.24, 2.45) is 5.73 Å². The Kier molecular flexibility index (Phi) is 2.03. The van der Waals surface area contributed by atoms with Crippen LogP contribution in [0.3, 0.4) is 0 Å². The van der Waals surface area contributed by atoms with Gasteiger partial charge < -0.3 is 10.2 Å². The van der Waals surface area contributed by atoms with Crippen LogP contribution in [-0.4, -0.2) is 6.54 Å². The van der Waals surface area contributed by atoms with Crippen LogP contribution >= 0.6 is 0 Å². The van der Waals surface area contributed by atoms with E-state index in [-0.39, 0.29) is 0 Å². The number of nitrogens with two attached hydrogens (primary N) is 1. The standard InChI is InChI=1S/C11H9NO/c12-7-3-5-10-8-9-4-1-2-6-11(9)13-10/h1-2,4,6,8H,7,12H2. The quantitative estimate of drug-likeness (QED) is 0.613. The second kappa shape index (κ2) is 3.34. The Balaban J connectivity index is 2.50. The lowest BCUT2D eigenvalue weighted by molar-refractivity contribution is 0.601. The lowest BCUT2D eigenvalue weighted by atomic mass is 10.2. The van der Waals surface area contributed by atoms with Gasteiger partial charge in [-0.25, -0.2) is 0 Å². The Hall–Kier alpha value is -1.72. The molecule has 0 aliphatic heterocycles. The first-order valence-electron chi connectivity index (χ1n) is 4.07. The predicted octanol–water partition coefficient (Wildman–Crippen LogP) is 1.74. The summed E-state index contributed by atoms with van der Waals surface area (Å²) in [6.45, 7) is 0.358. The molecule has 1 aromatic heterocycles. The minimum atomic E-state index is 0.358. The fraction of sp³-hybridized carbons (Fsp3) is 0.0909. The predicted molar refractivity (Wildman–Crippen MR) is 52.1 cm³/mol. The molecule has 0 fully saturated rings. The van der Waals surface area contributed by atoms with Gasteiger partial charge in [-0.05, 0) is 12.0 Å². The van der Waals surface area contributed by atoms with Crippen LogP contribution in [0.2, 0.25) is 0 Å². The Morgan fingerprint density at radius 2 is 2.15 bits per heavy atom. The number of benzene rings is 1. The molecule has 64 valence electrons. The fourth-order valence-corrected chi connectivity index (χ4v) is 1.18. The summed E-state index contributed by atoms with van der Waals surface area (Å²) in [5, 5.41) is 1.07. The van der Waals surface area contributed by atoms with Gasteiger partial charge in [0.05, 0.1) is 6.54 Å². The normalized spacial score (nSPS) is 9.62. The summed E-state index contributed by atoms with van der Waals surface area (Å²) in [5.74, 6) is 6.27. The monoisotopic (exact) mass is 171 g/mol. The Bertz CT molecular complexity index is 440. The summed E-state index contributed by atoms with van der Waals surface area (Å²) in [6.07, 6.45) is 0. The van der Waals surface area contributed by atoms with E-state index in [1.54, 1.807) is 0 Å². The lowest BCUT2D eigenvalue weighted by Gasteiger charge is -1.82. The summed E-state index contributed by atoms with van der Waals surface area (Å²) in [6, 6.07) is 9.73. The first-order valence-corrected chi connectivity index (χ1v) is 4.07. The molecule has 0 radical (unpaired) electrons. The van der Waals surface area contributed by atoms with E-state index in [4.69, 9.17) is 10.2 Å². The van der Waals surface area contributed by atoms with Gasteiger partial charge in [-0.15, -0.1) is 0 Å². The second-order valence-electron chi connectivity index (χ2n) is 2.65. The van der Waals surface area contributed by atoms with Crippen molar-refractivity contribution in [3.05, 3.63) is 36.1 Å². The highest BCUT2D eigenvalue weighted by molar-refractivity contribution is 5.78. The van der Waals surface area contributed by atoms with Gasteiger partial charge in [-0.2, -0.15) is 0 Å². The molecule has 2 heteroatoms. The van der Waals surface area contributed by atoms with Crippen molar-refractivity contribution in [1.82, 2.24) is 0 Å². The van der Waals surface area contributed by atoms with Gasteiger partial charge in [0.2, 0.25) is 0 Å². The third kappa shape index (κ3) is 1.56. The van der Waals surface area contributed by atoms with E-state index in [0.717, 1.165) is 11.0 Å². The van der Waals surface area contributed by atoms with Crippen LogP contribution < -0.4 is 5.73 Å². The minimum absolute atomic E-state index is 0.358. The summed E-state index contributed by atoms with van der Waals surface area (Å²) in [7, 11) is 0. The molecule has 2 aromatic rings. The summed E-state index contributed by atoms with van der Waals surface area (Å²) in [5.41, 5.74) is 6.12. The molecule has 0 unspecified atom stereocenters. The van der Waals surface area contributed by atoms with Crippen molar-refractivity contribution in [2.75, 3.05) is 6.54 Å². The molecule has 13 heavy (non-hydrogen) atoms. The summed E-state index contributed by atoms with van der Waals surface area (Å²) < 4.78 is 5.44. The number of para-hydroxylation sites is 1. The molecule has 1 aromatic carbocycles. The molecule has 0 saturated carbocycles. The van der Waals surface area contributed by atoms with Crippen LogP contribution in [0.4, 0.5) is 0 Å². The molecule has 0 saturated heterocycles. The number of hydrogen-bond acceptors (Lipinski definition) is 2. The first-order chi connectivity index (χ1) is 6.40. The smallest absolute Gasteiger partial charge is 0.178 e. The molecule has 2 nitrogen and oxygen atoms in total. The molecule has 1 heterocycles. The minimum Gasteiger partial charge on any atom is -0.448 e. The van der Waals surface area contributed by atoms with Gasteiger partial charge in [0.25, 0.3) is 0 Å². The topological polar surface area (TPSA) is 39.2 Å². The van der Waals surface area contributed by atoms with Gasteiger partial charge in [0, 0.05) is 11.5 Å². The van der Waals surface area contributed by atoms with Crippen LogP contribution in [0.25, 0.3) is 11.0 Å². The van der Waals surface area contributed by atoms with Gasteiger partial charge in [-0.3, -0.25) is 0 Å². The van der Waals surface area contributed by atoms with E-state index in [1.807, 2.05) is 30.3 Å². The molecule has 0 amide bonds. The molecule has 2 N–H and O–H groups in total. The third-order valence-electron chi connectivity index (χ3n) is 1.74. The molecule has 0 bridgehead atoms. The van der Waals surface area contributed by atoms with Gasteiger partial charge >= 0.3 is 0 Å². The molecule has 0 aliphatic carbocycles. The summed E-state index contributed by atoms with van der Waals surface area (Å²) in [4.78, 5) is 0. The zero-order chi connectivity index (χ0) is 9.10. The lowest BCUT2D eigenvalue weighted by Crippen LogP contribution is -1.92. The molecule has 0 aliphatic rings. The zero-order valence-electron chi connectivity index (χ0n) is 7.08. The molecule has 0 spiro atoms. The maximum Gasteiger partial charge on any atom is 0.178 e. The largest absolute Gasteiger partial charge is 0.448 e. The number of rotatable bonds is 0. The Morgan fingerprint density at radius 3 is 2.92 bits per heavy atom. The molecule has 0 atom stereocenters. The van der Waals surface area contributed by atoms with Crippen molar-refractivity contribution >= 4 is 11.0 Å². The number of hydrogen-bond donors (Lipinski definition) is 1. The highest BCUT2D eigenvalue weighted by Crippen LogP contribution is 2.17. The maximum atomic E-state index is 5.44. The number of furan rings is 1. The van der Waals surface area contributed by atoms with E-state index in [9.17, 15) is 0 Å². The highest BCUT2D eigenvalue weighted by Gasteiger charge is 1.98. The zero-order valence-corrected chi connectivity index (χ0v) is 7.08. The summed E-state index contributed by atoms with van der Waals surface area (Å²) >= 11 is 0. The fourth-order valence-electron chi connectivity index (χ4n) is 1.18. The molecule has 2 rings (SSSR count). The highest BCUT2D eigenvalue weighted by atomic mass is 16.3. The average molecular weight is 171 g/mol. The molecular formula is C11H9NO. The molecular weight excluding hydrogens is 162 g/mol. The van der Waals surface area contributed by atoms with Crippen molar-refractivity contribution in [1.29, 1.82) is 0 Å². The van der Waals surface area contributed by atoms with E-state index in [0.29, 0.717) is 12.3 Å². The van der Waals surface area contributed by atoms with Crippen molar-refractivity contribution < 1.29 is 4.42 Å². The first kappa shape index (κ1) is 7.90. The van der Waals surface area contributed by atoms with Crippen LogP contribution in [0.15, 0.2) is 34.7 Å². The van der Waals surface area contributed by atoms with Crippen LogP contribution in [-0.2, 0) is 0 Å². The van der Waals surface area contributed by atoms with Gasteiger partial charge in [0.1, 0.15) is 5.58 Å². The van der Waals surface area contributed by atoms with Gasteiger partial charge in [0.15, 0.2) is 5.76 Å². The Morgan fingerprint density at radius 1 is 1.31 bits per heavy atom. The van der Waals surface area contributed by atoms with E-state index < -0.39 is 0 Å². The van der Waals surface area contributed by atoms with Crippen molar-refractivity contribution in [3.63, 3.8) is 0 Å². The van der Waals surface area contributed by atoms with E-state index in [2.05, 4.69) is 11.8 Å². The number of fused-ring (bicyclic) bond motifs is 1. The SMILES string of the molecule is NCC#Cc1cc2ccccc2o1.